The van der Waals surface area contributed by atoms with Gasteiger partial charge in [-0.05, 0) is 36.6 Å². The maximum atomic E-state index is 13.0. The van der Waals surface area contributed by atoms with E-state index in [1.54, 1.807) is 25.2 Å². The van der Waals surface area contributed by atoms with Crippen molar-refractivity contribution in [2.45, 2.75) is 25.0 Å². The average molecular weight is 397 g/mol. The van der Waals surface area contributed by atoms with Crippen LogP contribution in [0, 0.1) is 0 Å². The van der Waals surface area contributed by atoms with Gasteiger partial charge < -0.3 is 25.6 Å². The number of amides is 1. The summed E-state index contributed by atoms with van der Waals surface area (Å²) < 4.78 is 11.2. The second-order valence-corrected chi connectivity index (χ2v) is 7.10. The van der Waals surface area contributed by atoms with Crippen molar-refractivity contribution in [1.29, 1.82) is 0 Å². The molecule has 1 aliphatic rings. The van der Waals surface area contributed by atoms with Gasteiger partial charge in [0.15, 0.2) is 0 Å². The number of carbonyl (C=O) groups is 1. The van der Waals surface area contributed by atoms with Gasteiger partial charge >= 0.3 is 0 Å². The second kappa shape index (κ2) is 9.54. The van der Waals surface area contributed by atoms with Crippen LogP contribution in [0.15, 0.2) is 53.5 Å². The number of anilines is 1. The van der Waals surface area contributed by atoms with Crippen LogP contribution in [0.25, 0.3) is 0 Å². The minimum atomic E-state index is -0.707. The number of aliphatic hydroxyl groups is 1. The van der Waals surface area contributed by atoms with Gasteiger partial charge in [-0.1, -0.05) is 30.3 Å². The van der Waals surface area contributed by atoms with Gasteiger partial charge in [-0.25, -0.2) is 0 Å². The smallest absolute Gasteiger partial charge is 0.270 e. The molecule has 0 aliphatic carbocycles. The van der Waals surface area contributed by atoms with Crippen LogP contribution in [0.2, 0.25) is 0 Å². The summed E-state index contributed by atoms with van der Waals surface area (Å²) in [6.45, 7) is 1.23. The largest absolute Gasteiger partial charge is 0.489 e. The Bertz CT molecular complexity index is 862. The van der Waals surface area contributed by atoms with Crippen molar-refractivity contribution < 1.29 is 19.4 Å². The van der Waals surface area contributed by atoms with E-state index in [1.807, 2.05) is 30.3 Å². The van der Waals surface area contributed by atoms with Crippen LogP contribution in [-0.2, 0) is 16.1 Å². The number of aliphatic imine (C=N–C) groups is 1. The van der Waals surface area contributed by atoms with Crippen molar-refractivity contribution in [3.8, 4) is 5.75 Å². The average Bonchev–Trinajstić information content (AvgIpc) is 2.76. The van der Waals surface area contributed by atoms with Gasteiger partial charge in [-0.15, -0.1) is 0 Å². The number of nitrogens with two attached hydrogens (primary N) is 1. The number of hydrogen-bond donors (Lipinski definition) is 3. The summed E-state index contributed by atoms with van der Waals surface area (Å²) in [5, 5.41) is 12.8. The van der Waals surface area contributed by atoms with E-state index in [9.17, 15) is 9.90 Å². The van der Waals surface area contributed by atoms with Crippen LogP contribution in [0.4, 0.5) is 5.69 Å². The van der Waals surface area contributed by atoms with Crippen molar-refractivity contribution in [2.24, 2.45) is 4.99 Å². The first-order valence-corrected chi connectivity index (χ1v) is 9.61. The van der Waals surface area contributed by atoms with E-state index in [1.165, 1.54) is 0 Å². The predicted molar refractivity (Wildman–Crippen MR) is 112 cm³/mol. The monoisotopic (exact) mass is 397 g/mol. The van der Waals surface area contributed by atoms with Crippen LogP contribution >= 0.6 is 0 Å². The molecule has 0 unspecified atom stereocenters. The Morgan fingerprint density at radius 2 is 1.97 bits per heavy atom. The molecular formula is C22H27N3O4. The lowest BCUT2D eigenvalue weighted by Gasteiger charge is -2.36. The molecule has 3 rings (SSSR count). The molecule has 7 nitrogen and oxygen atoms in total. The number of aliphatic hydroxyl groups excluding tert-OH is 1. The van der Waals surface area contributed by atoms with Gasteiger partial charge in [0.2, 0.25) is 0 Å². The van der Waals surface area contributed by atoms with E-state index in [0.717, 1.165) is 5.56 Å². The lowest BCUT2D eigenvalue weighted by molar-refractivity contribution is -0.118. The van der Waals surface area contributed by atoms with Crippen LogP contribution in [0.3, 0.4) is 0 Å². The van der Waals surface area contributed by atoms with Crippen molar-refractivity contribution in [1.82, 2.24) is 5.32 Å². The number of rotatable bonds is 7. The Balaban J connectivity index is 1.76. The predicted octanol–water partition coefficient (Wildman–Crippen LogP) is 1.92. The maximum absolute atomic E-state index is 13.0. The quantitative estimate of drug-likeness (QED) is 0.489. The summed E-state index contributed by atoms with van der Waals surface area (Å²) in [7, 11) is 1.54. The molecule has 29 heavy (non-hydrogen) atoms. The lowest BCUT2D eigenvalue weighted by atomic mass is 9.90. The number of ether oxygens (including phenoxy) is 2. The molecule has 1 amide bonds. The van der Waals surface area contributed by atoms with Crippen molar-refractivity contribution >= 4 is 17.3 Å². The number of carbonyl (C=O) groups excluding carboxylic acids is 1. The summed E-state index contributed by atoms with van der Waals surface area (Å²) in [5.41, 5.74) is 7.58. The maximum Gasteiger partial charge on any atom is 0.270 e. The summed E-state index contributed by atoms with van der Waals surface area (Å²) in [6, 6.07) is 15.0. The van der Waals surface area contributed by atoms with E-state index in [0.29, 0.717) is 49.7 Å². The molecule has 0 radical (unpaired) electrons. The summed E-state index contributed by atoms with van der Waals surface area (Å²) in [4.78, 5) is 17.1. The molecule has 0 bridgehead atoms. The molecule has 1 saturated heterocycles. The fraction of sp³-hybridized carbons (Fsp3) is 0.364. The third-order valence-corrected chi connectivity index (χ3v) is 5.10. The first-order valence-electron chi connectivity index (χ1n) is 9.61. The molecule has 0 spiro atoms. The highest BCUT2D eigenvalue weighted by Gasteiger charge is 2.35. The standard InChI is InChI=1S/C22H27N3O4/c1-24-20(21(27)25-22(15-26)9-11-28-12-10-22)18-13-17(7-8-19(18)23)29-14-16-5-3-2-4-6-16/h2-8,13,26H,9-12,14-15,23H2,1H3,(H,25,27). The molecule has 2 aromatic rings. The second-order valence-electron chi connectivity index (χ2n) is 7.10. The summed E-state index contributed by atoms with van der Waals surface area (Å²) in [6.07, 6.45) is 1.09. The summed E-state index contributed by atoms with van der Waals surface area (Å²) in [5.74, 6) is 0.213. The fourth-order valence-electron chi connectivity index (χ4n) is 3.30. The molecular weight excluding hydrogens is 370 g/mol. The number of benzene rings is 2. The molecule has 0 atom stereocenters. The topological polar surface area (TPSA) is 106 Å². The zero-order chi connectivity index (χ0) is 20.7. The van der Waals surface area contributed by atoms with Crippen molar-refractivity contribution in [2.75, 3.05) is 32.6 Å². The van der Waals surface area contributed by atoms with Gasteiger partial charge in [0.05, 0.1) is 12.1 Å². The third-order valence-electron chi connectivity index (χ3n) is 5.10. The van der Waals surface area contributed by atoms with E-state index >= 15 is 0 Å². The van der Waals surface area contributed by atoms with E-state index in [4.69, 9.17) is 15.2 Å². The molecule has 1 aliphatic heterocycles. The number of nitrogens with zero attached hydrogens (tertiary/aromatic N) is 1. The van der Waals surface area contributed by atoms with Crippen molar-refractivity contribution in [3.05, 3.63) is 59.7 Å². The zero-order valence-electron chi connectivity index (χ0n) is 16.6. The number of nitrogens with one attached hydrogen (secondary N) is 1. The lowest BCUT2D eigenvalue weighted by Crippen LogP contribution is -2.56. The van der Waals surface area contributed by atoms with Gasteiger partial charge in [-0.3, -0.25) is 9.79 Å². The Kier molecular flexibility index (Phi) is 6.85. The minimum Gasteiger partial charge on any atom is -0.489 e. The molecule has 0 saturated carbocycles. The highest BCUT2D eigenvalue weighted by Crippen LogP contribution is 2.24. The molecule has 154 valence electrons. The Labute approximate surface area is 170 Å². The number of hydrogen-bond acceptors (Lipinski definition) is 6. The van der Waals surface area contributed by atoms with Crippen LogP contribution in [0.1, 0.15) is 24.0 Å². The first kappa shape index (κ1) is 20.8. The van der Waals surface area contributed by atoms with Gasteiger partial charge in [0.1, 0.15) is 18.1 Å². The minimum absolute atomic E-state index is 0.158. The fourth-order valence-corrected chi connectivity index (χ4v) is 3.30. The highest BCUT2D eigenvalue weighted by atomic mass is 16.5. The third kappa shape index (κ3) is 5.13. The van der Waals surface area contributed by atoms with Crippen LogP contribution in [0.5, 0.6) is 5.75 Å². The SMILES string of the molecule is CN=C(C(=O)NC1(CO)CCOCC1)c1cc(OCc2ccccc2)ccc1N. The Morgan fingerprint density at radius 3 is 2.62 bits per heavy atom. The first-order chi connectivity index (χ1) is 14.1. The van der Waals surface area contributed by atoms with Crippen LogP contribution in [-0.4, -0.2) is 49.1 Å². The Morgan fingerprint density at radius 1 is 1.24 bits per heavy atom. The molecule has 0 aromatic heterocycles. The van der Waals surface area contributed by atoms with Gasteiger partial charge in [0, 0.05) is 31.5 Å². The van der Waals surface area contributed by atoms with E-state index < -0.39 is 5.54 Å². The van der Waals surface area contributed by atoms with E-state index in [-0.39, 0.29) is 18.2 Å². The van der Waals surface area contributed by atoms with Crippen molar-refractivity contribution in [3.63, 3.8) is 0 Å². The van der Waals surface area contributed by atoms with Gasteiger partial charge in [-0.2, -0.15) is 0 Å². The molecule has 1 fully saturated rings. The molecule has 2 aromatic carbocycles. The highest BCUT2D eigenvalue weighted by molar-refractivity contribution is 6.46. The van der Waals surface area contributed by atoms with Gasteiger partial charge in [0.25, 0.3) is 5.91 Å². The van der Waals surface area contributed by atoms with E-state index in [2.05, 4.69) is 10.3 Å². The van der Waals surface area contributed by atoms with Crippen LogP contribution < -0.4 is 15.8 Å². The summed E-state index contributed by atoms with van der Waals surface area (Å²) >= 11 is 0. The Hall–Kier alpha value is -2.90. The molecule has 1 heterocycles. The normalized spacial score (nSPS) is 16.3. The molecule has 4 N–H and O–H groups in total. The number of nitrogen functional groups attached to an aromatic ring is 1. The zero-order valence-corrected chi connectivity index (χ0v) is 16.6. The molecule has 7 heteroatoms.